The van der Waals surface area contributed by atoms with Gasteiger partial charge in [-0.1, -0.05) is 60.7 Å². The fourth-order valence-electron chi connectivity index (χ4n) is 5.55. The van der Waals surface area contributed by atoms with E-state index in [0.29, 0.717) is 34.5 Å². The first-order valence-electron chi connectivity index (χ1n) is 13.6. The molecular weight excluding hydrogens is 536 g/mol. The van der Waals surface area contributed by atoms with Gasteiger partial charge in [0.05, 0.1) is 55.9 Å². The highest BCUT2D eigenvalue weighted by atomic mass is 16.5. The average molecular weight is 573 g/mol. The van der Waals surface area contributed by atoms with Crippen LogP contribution in [-0.2, 0) is 22.7 Å². The van der Waals surface area contributed by atoms with Gasteiger partial charge < -0.3 is 37.9 Å². The highest BCUT2D eigenvalue weighted by molar-refractivity contribution is 5.88. The van der Waals surface area contributed by atoms with Gasteiger partial charge in [-0.05, 0) is 34.4 Å². The highest BCUT2D eigenvalue weighted by Gasteiger charge is 2.34. The van der Waals surface area contributed by atoms with Gasteiger partial charge in [-0.15, -0.1) is 0 Å². The van der Waals surface area contributed by atoms with Crippen LogP contribution in [0.1, 0.15) is 34.5 Å². The van der Waals surface area contributed by atoms with Crippen LogP contribution in [0.15, 0.2) is 72.8 Å². The zero-order chi connectivity index (χ0) is 29.6. The van der Waals surface area contributed by atoms with Gasteiger partial charge in [-0.25, -0.2) is 0 Å². The van der Waals surface area contributed by atoms with E-state index in [-0.39, 0.29) is 13.2 Å². The van der Waals surface area contributed by atoms with E-state index in [1.165, 1.54) is 0 Å². The Bertz CT molecular complexity index is 1390. The molecule has 0 bridgehead atoms. The molecule has 8 heteroatoms. The molecule has 220 valence electrons. The van der Waals surface area contributed by atoms with Crippen LogP contribution in [0.2, 0.25) is 0 Å². The summed E-state index contributed by atoms with van der Waals surface area (Å²) in [6.45, 7) is 0.407. The number of methoxy groups -OCH3 is 6. The lowest BCUT2D eigenvalue weighted by molar-refractivity contribution is -0.0912. The maximum Gasteiger partial charge on any atom is 0.203 e. The Kier molecular flexibility index (Phi) is 9.05. The molecule has 0 fully saturated rings. The van der Waals surface area contributed by atoms with Crippen molar-refractivity contribution in [3.05, 3.63) is 95.1 Å². The van der Waals surface area contributed by atoms with Crippen LogP contribution in [0.4, 0.5) is 0 Å². The van der Waals surface area contributed by atoms with Crippen molar-refractivity contribution < 1.29 is 37.9 Å². The standard InChI is InChI=1S/C34H36O8/c1-35-25-17-23-19-41-29(21-13-9-7-10-14-21)30(22-15-11-8-12-16-22)42-20-24-18-26(36-2)32(38-4)34(40-6)28(24)27(23)33(39-5)31(25)37-3/h7-18,29-30H,19-20H2,1-6H3/t29-,30-/m1/s1. The average Bonchev–Trinajstić information content (AvgIpc) is 3.05. The molecule has 0 N–H and O–H groups in total. The molecule has 0 saturated carbocycles. The largest absolute Gasteiger partial charge is 0.493 e. The topological polar surface area (TPSA) is 73.8 Å². The molecular formula is C34H36O8. The Morgan fingerprint density at radius 3 is 1.14 bits per heavy atom. The number of hydrogen-bond acceptors (Lipinski definition) is 8. The molecule has 0 radical (unpaired) electrons. The van der Waals surface area contributed by atoms with Crippen molar-refractivity contribution in [1.29, 1.82) is 0 Å². The molecule has 1 heterocycles. The highest BCUT2D eigenvalue weighted by Crippen LogP contribution is 2.55. The Balaban J connectivity index is 1.83. The summed E-state index contributed by atoms with van der Waals surface area (Å²) in [5.41, 5.74) is 5.04. The van der Waals surface area contributed by atoms with Gasteiger partial charge in [0.15, 0.2) is 23.0 Å². The summed E-state index contributed by atoms with van der Waals surface area (Å²) in [6, 6.07) is 24.0. The third kappa shape index (κ3) is 5.31. The molecule has 0 saturated heterocycles. The van der Waals surface area contributed by atoms with Gasteiger partial charge in [-0.3, -0.25) is 0 Å². The van der Waals surface area contributed by atoms with Gasteiger partial charge in [0.2, 0.25) is 11.5 Å². The normalized spacial score (nSPS) is 16.4. The Labute approximate surface area is 246 Å². The van der Waals surface area contributed by atoms with E-state index in [1.54, 1.807) is 42.7 Å². The summed E-state index contributed by atoms with van der Waals surface area (Å²) < 4.78 is 48.6. The summed E-state index contributed by atoms with van der Waals surface area (Å²) >= 11 is 0. The summed E-state index contributed by atoms with van der Waals surface area (Å²) in [6.07, 6.45) is -0.853. The predicted molar refractivity (Wildman–Crippen MR) is 159 cm³/mol. The Morgan fingerprint density at radius 1 is 0.476 bits per heavy atom. The Hall–Kier alpha value is -4.40. The third-order valence-corrected chi connectivity index (χ3v) is 7.44. The molecule has 0 amide bonds. The zero-order valence-electron chi connectivity index (χ0n) is 24.8. The van der Waals surface area contributed by atoms with Gasteiger partial charge in [0.25, 0.3) is 0 Å². The first-order chi connectivity index (χ1) is 20.6. The number of benzene rings is 4. The molecule has 5 rings (SSSR count). The van der Waals surface area contributed by atoms with E-state index in [2.05, 4.69) is 24.3 Å². The fourth-order valence-corrected chi connectivity index (χ4v) is 5.55. The lowest BCUT2D eigenvalue weighted by Crippen LogP contribution is -2.20. The molecule has 0 spiro atoms. The van der Waals surface area contributed by atoms with E-state index in [9.17, 15) is 0 Å². The first kappa shape index (κ1) is 29.1. The Morgan fingerprint density at radius 2 is 0.833 bits per heavy atom. The minimum Gasteiger partial charge on any atom is -0.493 e. The van der Waals surface area contributed by atoms with E-state index in [1.807, 2.05) is 48.5 Å². The van der Waals surface area contributed by atoms with Gasteiger partial charge in [-0.2, -0.15) is 0 Å². The lowest BCUT2D eigenvalue weighted by atomic mass is 9.91. The second-order valence-electron chi connectivity index (χ2n) is 9.64. The molecule has 42 heavy (non-hydrogen) atoms. The molecule has 0 aromatic heterocycles. The number of fused-ring (bicyclic) bond motifs is 3. The summed E-state index contributed by atoms with van der Waals surface area (Å²) in [5, 5.41) is 0. The van der Waals surface area contributed by atoms with Crippen LogP contribution in [0.5, 0.6) is 34.5 Å². The van der Waals surface area contributed by atoms with Crippen molar-refractivity contribution in [2.75, 3.05) is 42.7 Å². The first-order valence-corrected chi connectivity index (χ1v) is 13.6. The maximum absolute atomic E-state index is 6.79. The quantitative estimate of drug-likeness (QED) is 0.225. The second-order valence-corrected chi connectivity index (χ2v) is 9.64. The van der Waals surface area contributed by atoms with Crippen LogP contribution >= 0.6 is 0 Å². The SMILES string of the molecule is COc1cc2c(c(OC)c1OC)-c1c(cc(OC)c(OC)c1OC)CO[C@H](c1ccccc1)[C@@H](c1ccccc1)OC2. The third-order valence-electron chi connectivity index (χ3n) is 7.44. The summed E-state index contributed by atoms with van der Waals surface area (Å²) in [7, 11) is 9.54. The number of ether oxygens (including phenoxy) is 8. The molecule has 0 unspecified atom stereocenters. The molecule has 0 aliphatic carbocycles. The van der Waals surface area contributed by atoms with Crippen molar-refractivity contribution in [3.8, 4) is 45.6 Å². The molecule has 8 nitrogen and oxygen atoms in total. The van der Waals surface area contributed by atoms with E-state index in [0.717, 1.165) is 33.4 Å². The van der Waals surface area contributed by atoms with E-state index < -0.39 is 12.2 Å². The molecule has 2 atom stereocenters. The predicted octanol–water partition coefficient (Wildman–Crippen LogP) is 6.93. The van der Waals surface area contributed by atoms with Crippen molar-refractivity contribution >= 4 is 0 Å². The number of rotatable bonds is 8. The molecule has 4 aromatic carbocycles. The number of hydrogen-bond donors (Lipinski definition) is 0. The van der Waals surface area contributed by atoms with Gasteiger partial charge in [0, 0.05) is 11.1 Å². The lowest BCUT2D eigenvalue weighted by Gasteiger charge is -2.32. The maximum atomic E-state index is 6.79. The van der Waals surface area contributed by atoms with Crippen LogP contribution in [0.25, 0.3) is 11.1 Å². The fraction of sp³-hybridized carbons (Fsp3) is 0.294. The molecule has 1 aliphatic rings. The van der Waals surface area contributed by atoms with Crippen LogP contribution in [0.3, 0.4) is 0 Å². The zero-order valence-corrected chi connectivity index (χ0v) is 24.8. The minimum absolute atomic E-state index is 0.204. The van der Waals surface area contributed by atoms with Crippen LogP contribution < -0.4 is 28.4 Å². The van der Waals surface area contributed by atoms with Gasteiger partial charge in [0.1, 0.15) is 12.2 Å². The van der Waals surface area contributed by atoms with Crippen molar-refractivity contribution in [1.82, 2.24) is 0 Å². The van der Waals surface area contributed by atoms with E-state index >= 15 is 0 Å². The monoisotopic (exact) mass is 572 g/mol. The summed E-state index contributed by atoms with van der Waals surface area (Å²) in [4.78, 5) is 0. The molecule has 4 aromatic rings. The summed E-state index contributed by atoms with van der Waals surface area (Å²) in [5.74, 6) is 2.86. The molecule has 1 aliphatic heterocycles. The smallest absolute Gasteiger partial charge is 0.203 e. The van der Waals surface area contributed by atoms with E-state index in [4.69, 9.17) is 37.9 Å². The van der Waals surface area contributed by atoms with Crippen molar-refractivity contribution in [2.24, 2.45) is 0 Å². The minimum atomic E-state index is -0.427. The van der Waals surface area contributed by atoms with Crippen molar-refractivity contribution in [2.45, 2.75) is 25.4 Å². The van der Waals surface area contributed by atoms with Crippen LogP contribution in [0, 0.1) is 0 Å². The van der Waals surface area contributed by atoms with Crippen LogP contribution in [-0.4, -0.2) is 42.7 Å². The van der Waals surface area contributed by atoms with Gasteiger partial charge >= 0.3 is 0 Å². The second kappa shape index (κ2) is 13.1. The van der Waals surface area contributed by atoms with Crippen molar-refractivity contribution in [3.63, 3.8) is 0 Å².